The largest absolute Gasteiger partial charge is 0.490 e. The molecule has 4 heteroatoms. The molecule has 1 saturated carbocycles. The number of rotatable bonds is 4. The van der Waals surface area contributed by atoms with Crippen molar-refractivity contribution in [3.05, 3.63) is 48.3 Å². The third kappa shape index (κ3) is 3.27. The fourth-order valence-electron chi connectivity index (χ4n) is 2.75. The van der Waals surface area contributed by atoms with Crippen LogP contribution in [-0.2, 0) is 4.74 Å². The molecule has 114 valence electrons. The minimum Gasteiger partial charge on any atom is -0.490 e. The molecule has 3 rings (SSSR count). The van der Waals surface area contributed by atoms with Gasteiger partial charge in [-0.2, -0.15) is 0 Å². The van der Waals surface area contributed by atoms with Crippen LogP contribution < -0.4 is 4.74 Å². The van der Waals surface area contributed by atoms with Crippen LogP contribution in [0.1, 0.15) is 36.0 Å². The van der Waals surface area contributed by atoms with Crippen LogP contribution in [0.3, 0.4) is 0 Å². The molecule has 0 bridgehead atoms. The summed E-state index contributed by atoms with van der Waals surface area (Å²) in [5.41, 5.74) is 2.33. The number of benzene rings is 1. The molecule has 22 heavy (non-hydrogen) atoms. The van der Waals surface area contributed by atoms with Crippen molar-refractivity contribution in [1.29, 1.82) is 0 Å². The molecule has 1 aliphatic rings. The monoisotopic (exact) mass is 297 g/mol. The zero-order valence-corrected chi connectivity index (χ0v) is 12.6. The van der Waals surface area contributed by atoms with Crippen LogP contribution >= 0.6 is 0 Å². The molecule has 0 N–H and O–H groups in total. The van der Waals surface area contributed by atoms with Gasteiger partial charge in [0.25, 0.3) is 0 Å². The summed E-state index contributed by atoms with van der Waals surface area (Å²) in [6.07, 6.45) is 8.41. The predicted molar refractivity (Wildman–Crippen MR) is 83.9 cm³/mol. The molecule has 0 saturated heterocycles. The SMILES string of the molecule is COC(=O)c1cncc(-c2ccc(OC3CCCC3)cc2)c1. The summed E-state index contributed by atoms with van der Waals surface area (Å²) in [6, 6.07) is 9.70. The van der Waals surface area contributed by atoms with E-state index in [9.17, 15) is 4.79 Å². The van der Waals surface area contributed by atoms with Gasteiger partial charge in [-0.3, -0.25) is 4.98 Å². The first-order chi connectivity index (χ1) is 10.8. The average Bonchev–Trinajstić information content (AvgIpc) is 3.08. The Morgan fingerprint density at radius 3 is 2.50 bits per heavy atom. The molecule has 0 unspecified atom stereocenters. The number of carbonyl (C=O) groups excluding carboxylic acids is 1. The lowest BCUT2D eigenvalue weighted by atomic mass is 10.1. The summed E-state index contributed by atoms with van der Waals surface area (Å²) >= 11 is 0. The lowest BCUT2D eigenvalue weighted by molar-refractivity contribution is 0.0600. The van der Waals surface area contributed by atoms with Gasteiger partial charge in [0, 0.05) is 18.0 Å². The van der Waals surface area contributed by atoms with E-state index < -0.39 is 0 Å². The molecule has 0 spiro atoms. The highest BCUT2D eigenvalue weighted by Crippen LogP contribution is 2.27. The second kappa shape index (κ2) is 6.60. The van der Waals surface area contributed by atoms with Crippen molar-refractivity contribution < 1.29 is 14.3 Å². The highest BCUT2D eigenvalue weighted by molar-refractivity contribution is 5.90. The van der Waals surface area contributed by atoms with Crippen molar-refractivity contribution in [1.82, 2.24) is 4.98 Å². The van der Waals surface area contributed by atoms with E-state index in [4.69, 9.17) is 9.47 Å². The van der Waals surface area contributed by atoms with Gasteiger partial charge in [0.05, 0.1) is 18.8 Å². The summed E-state index contributed by atoms with van der Waals surface area (Å²) in [4.78, 5) is 15.7. The number of hydrogen-bond acceptors (Lipinski definition) is 4. The molecule has 1 aromatic heterocycles. The lowest BCUT2D eigenvalue weighted by Crippen LogP contribution is -2.10. The maximum Gasteiger partial charge on any atom is 0.339 e. The van der Waals surface area contributed by atoms with E-state index in [0.29, 0.717) is 11.7 Å². The Morgan fingerprint density at radius 1 is 1.09 bits per heavy atom. The fraction of sp³-hybridized carbons (Fsp3) is 0.333. The molecule has 0 amide bonds. The second-order valence-corrected chi connectivity index (χ2v) is 5.50. The van der Waals surface area contributed by atoms with E-state index in [-0.39, 0.29) is 5.97 Å². The fourth-order valence-corrected chi connectivity index (χ4v) is 2.75. The van der Waals surface area contributed by atoms with Gasteiger partial charge in [0.1, 0.15) is 5.75 Å². The Labute approximate surface area is 130 Å². The van der Waals surface area contributed by atoms with Crippen LogP contribution in [-0.4, -0.2) is 24.2 Å². The van der Waals surface area contributed by atoms with Crippen molar-refractivity contribution in [2.24, 2.45) is 0 Å². The molecule has 1 aliphatic carbocycles. The van der Waals surface area contributed by atoms with E-state index >= 15 is 0 Å². The lowest BCUT2D eigenvalue weighted by Gasteiger charge is -2.13. The summed E-state index contributed by atoms with van der Waals surface area (Å²) in [7, 11) is 1.37. The van der Waals surface area contributed by atoms with Crippen molar-refractivity contribution in [2.75, 3.05) is 7.11 Å². The maximum absolute atomic E-state index is 11.6. The topological polar surface area (TPSA) is 48.4 Å². The number of carbonyl (C=O) groups is 1. The van der Waals surface area contributed by atoms with Crippen molar-refractivity contribution >= 4 is 5.97 Å². The normalized spacial score (nSPS) is 14.8. The van der Waals surface area contributed by atoms with Crippen LogP contribution in [0.15, 0.2) is 42.7 Å². The van der Waals surface area contributed by atoms with Crippen LogP contribution in [0, 0.1) is 0 Å². The van der Waals surface area contributed by atoms with E-state index in [2.05, 4.69) is 4.98 Å². The smallest absolute Gasteiger partial charge is 0.339 e. The number of hydrogen-bond donors (Lipinski definition) is 0. The summed E-state index contributed by atoms with van der Waals surface area (Å²) in [6.45, 7) is 0. The highest BCUT2D eigenvalue weighted by atomic mass is 16.5. The molecule has 1 heterocycles. The minimum atomic E-state index is -0.379. The summed E-state index contributed by atoms with van der Waals surface area (Å²) in [5, 5.41) is 0. The summed E-state index contributed by atoms with van der Waals surface area (Å²) in [5.74, 6) is 0.517. The van der Waals surface area contributed by atoms with Gasteiger partial charge in [-0.05, 0) is 49.4 Å². The third-order valence-corrected chi connectivity index (χ3v) is 3.95. The molecule has 0 atom stereocenters. The number of nitrogens with zero attached hydrogens (tertiary/aromatic N) is 1. The van der Waals surface area contributed by atoms with E-state index in [1.807, 2.05) is 24.3 Å². The minimum absolute atomic E-state index is 0.357. The Balaban J connectivity index is 1.76. The second-order valence-electron chi connectivity index (χ2n) is 5.50. The van der Waals surface area contributed by atoms with Gasteiger partial charge in [-0.1, -0.05) is 12.1 Å². The molecule has 1 aromatic carbocycles. The zero-order valence-electron chi connectivity index (χ0n) is 12.6. The summed E-state index contributed by atoms with van der Waals surface area (Å²) < 4.78 is 10.7. The van der Waals surface area contributed by atoms with Crippen LogP contribution in [0.2, 0.25) is 0 Å². The molecular formula is C18H19NO3. The highest BCUT2D eigenvalue weighted by Gasteiger charge is 2.16. The van der Waals surface area contributed by atoms with Gasteiger partial charge in [0.15, 0.2) is 0 Å². The Hall–Kier alpha value is -2.36. The first-order valence-electron chi connectivity index (χ1n) is 7.57. The third-order valence-electron chi connectivity index (χ3n) is 3.95. The number of pyridine rings is 1. The first-order valence-corrected chi connectivity index (χ1v) is 7.57. The van der Waals surface area contributed by atoms with Crippen molar-refractivity contribution in [3.63, 3.8) is 0 Å². The zero-order chi connectivity index (χ0) is 15.4. The number of aromatic nitrogens is 1. The quantitative estimate of drug-likeness (QED) is 0.804. The van der Waals surface area contributed by atoms with Crippen molar-refractivity contribution in [3.8, 4) is 16.9 Å². The number of esters is 1. The van der Waals surface area contributed by atoms with Gasteiger partial charge in [-0.25, -0.2) is 4.79 Å². The van der Waals surface area contributed by atoms with Crippen LogP contribution in [0.4, 0.5) is 0 Å². The van der Waals surface area contributed by atoms with Gasteiger partial charge in [0.2, 0.25) is 0 Å². The predicted octanol–water partition coefficient (Wildman–Crippen LogP) is 3.86. The number of methoxy groups -OCH3 is 1. The average molecular weight is 297 g/mol. The molecular weight excluding hydrogens is 278 g/mol. The molecule has 0 aliphatic heterocycles. The van der Waals surface area contributed by atoms with Crippen LogP contribution in [0.25, 0.3) is 11.1 Å². The Morgan fingerprint density at radius 2 is 1.82 bits per heavy atom. The Bertz CT molecular complexity index is 646. The molecule has 1 fully saturated rings. The van der Waals surface area contributed by atoms with Crippen LogP contribution in [0.5, 0.6) is 5.75 Å². The van der Waals surface area contributed by atoms with Crippen molar-refractivity contribution in [2.45, 2.75) is 31.8 Å². The molecule has 4 nitrogen and oxygen atoms in total. The van der Waals surface area contributed by atoms with Gasteiger partial charge in [-0.15, -0.1) is 0 Å². The van der Waals surface area contributed by atoms with Gasteiger partial charge < -0.3 is 9.47 Å². The Kier molecular flexibility index (Phi) is 4.37. The number of ether oxygens (including phenoxy) is 2. The van der Waals surface area contributed by atoms with E-state index in [0.717, 1.165) is 29.7 Å². The van der Waals surface area contributed by atoms with E-state index in [1.165, 1.54) is 26.1 Å². The van der Waals surface area contributed by atoms with E-state index in [1.54, 1.807) is 12.3 Å². The van der Waals surface area contributed by atoms with Gasteiger partial charge >= 0.3 is 5.97 Å². The first kappa shape index (κ1) is 14.6. The standard InChI is InChI=1S/C18H19NO3/c1-21-18(20)15-10-14(11-19-12-15)13-6-8-17(9-7-13)22-16-4-2-3-5-16/h6-12,16H,2-5H2,1H3. The molecule has 2 aromatic rings. The maximum atomic E-state index is 11.6. The molecule has 0 radical (unpaired) electrons.